The Morgan fingerprint density at radius 2 is 2.18 bits per heavy atom. The zero-order valence-electron chi connectivity index (χ0n) is 9.73. The molecule has 1 aromatic carbocycles. The fraction of sp³-hybridized carbons (Fsp3) is 0.167. The summed E-state index contributed by atoms with van der Waals surface area (Å²) >= 11 is 0. The van der Waals surface area contributed by atoms with E-state index in [9.17, 15) is 0 Å². The van der Waals surface area contributed by atoms with Crippen molar-refractivity contribution in [3.05, 3.63) is 30.2 Å². The number of aromatic amines is 1. The monoisotopic (exact) mass is 227 g/mol. The first-order valence-corrected chi connectivity index (χ1v) is 5.38. The van der Waals surface area contributed by atoms with E-state index in [2.05, 4.69) is 15.0 Å². The van der Waals surface area contributed by atoms with Gasteiger partial charge in [-0.3, -0.25) is 0 Å². The number of nitrogen functional groups attached to an aromatic ring is 1. The highest BCUT2D eigenvalue weighted by Crippen LogP contribution is 2.25. The van der Waals surface area contributed by atoms with Crippen LogP contribution in [-0.2, 0) is 7.05 Å². The van der Waals surface area contributed by atoms with Crippen LogP contribution in [0.4, 0.5) is 5.95 Å². The Labute approximate surface area is 98.3 Å². The average molecular weight is 227 g/mol. The normalized spacial score (nSPS) is 11.2. The van der Waals surface area contributed by atoms with Crippen LogP contribution in [0.25, 0.3) is 22.3 Å². The second-order valence-corrected chi connectivity index (χ2v) is 4.15. The van der Waals surface area contributed by atoms with Gasteiger partial charge in [0, 0.05) is 18.3 Å². The number of fused-ring (bicyclic) bond motifs is 1. The van der Waals surface area contributed by atoms with Crippen molar-refractivity contribution in [3.63, 3.8) is 0 Å². The molecule has 3 aromatic rings. The van der Waals surface area contributed by atoms with Crippen LogP contribution >= 0.6 is 0 Å². The SMILES string of the molecule is Cc1[nH]c(N)nc1-c1ccc2c(c1)ncn2C. The summed E-state index contributed by atoms with van der Waals surface area (Å²) in [6, 6.07) is 6.10. The number of imidazole rings is 2. The quantitative estimate of drug-likeness (QED) is 0.666. The van der Waals surface area contributed by atoms with Crippen LogP contribution in [0, 0.1) is 6.92 Å². The first-order valence-electron chi connectivity index (χ1n) is 5.38. The van der Waals surface area contributed by atoms with Gasteiger partial charge >= 0.3 is 0 Å². The Kier molecular flexibility index (Phi) is 1.95. The molecule has 17 heavy (non-hydrogen) atoms. The van der Waals surface area contributed by atoms with Gasteiger partial charge in [0.2, 0.25) is 0 Å². The zero-order valence-corrected chi connectivity index (χ0v) is 9.73. The second-order valence-electron chi connectivity index (χ2n) is 4.15. The molecule has 0 saturated carbocycles. The summed E-state index contributed by atoms with van der Waals surface area (Å²) in [5.41, 5.74) is 10.6. The lowest BCUT2D eigenvalue weighted by molar-refractivity contribution is 0.948. The lowest BCUT2D eigenvalue weighted by atomic mass is 10.1. The number of anilines is 1. The fourth-order valence-electron chi connectivity index (χ4n) is 2.05. The molecule has 0 saturated heterocycles. The predicted molar refractivity (Wildman–Crippen MR) is 67.4 cm³/mol. The van der Waals surface area contributed by atoms with Crippen molar-refractivity contribution in [2.24, 2.45) is 7.05 Å². The summed E-state index contributed by atoms with van der Waals surface area (Å²) in [7, 11) is 1.98. The number of aryl methyl sites for hydroxylation is 2. The van der Waals surface area contributed by atoms with E-state index >= 15 is 0 Å². The molecule has 86 valence electrons. The lowest BCUT2D eigenvalue weighted by Gasteiger charge is -1.99. The topological polar surface area (TPSA) is 72.5 Å². The zero-order chi connectivity index (χ0) is 12.0. The standard InChI is InChI=1S/C12H13N5/c1-7-11(16-12(13)15-7)8-3-4-10-9(5-8)14-6-17(10)2/h3-6H,1-2H3,(H3,13,15,16). The molecule has 0 amide bonds. The maximum absolute atomic E-state index is 5.65. The number of nitrogens with zero attached hydrogens (tertiary/aromatic N) is 3. The van der Waals surface area contributed by atoms with Gasteiger partial charge in [-0.25, -0.2) is 9.97 Å². The van der Waals surface area contributed by atoms with Crippen LogP contribution in [0.1, 0.15) is 5.69 Å². The predicted octanol–water partition coefficient (Wildman–Crippen LogP) is 1.85. The smallest absolute Gasteiger partial charge is 0.198 e. The van der Waals surface area contributed by atoms with Crippen molar-refractivity contribution in [1.29, 1.82) is 0 Å². The van der Waals surface area contributed by atoms with Gasteiger partial charge in [-0.1, -0.05) is 6.07 Å². The highest BCUT2D eigenvalue weighted by atomic mass is 15.0. The van der Waals surface area contributed by atoms with Crippen molar-refractivity contribution in [2.45, 2.75) is 6.92 Å². The number of benzene rings is 1. The molecular formula is C12H13N5. The number of nitrogens with one attached hydrogen (secondary N) is 1. The Morgan fingerprint density at radius 3 is 2.88 bits per heavy atom. The van der Waals surface area contributed by atoms with E-state index in [4.69, 9.17) is 5.73 Å². The molecule has 3 rings (SSSR count). The van der Waals surface area contributed by atoms with E-state index in [0.717, 1.165) is 28.0 Å². The fourth-order valence-corrected chi connectivity index (χ4v) is 2.05. The molecule has 0 aliphatic heterocycles. The third-order valence-corrected chi connectivity index (χ3v) is 2.90. The van der Waals surface area contributed by atoms with Crippen molar-refractivity contribution in [1.82, 2.24) is 19.5 Å². The molecule has 0 unspecified atom stereocenters. The van der Waals surface area contributed by atoms with Crippen LogP contribution in [-0.4, -0.2) is 19.5 Å². The molecule has 0 atom stereocenters. The summed E-state index contributed by atoms with van der Waals surface area (Å²) in [6.45, 7) is 1.96. The van der Waals surface area contributed by atoms with Gasteiger partial charge in [0.15, 0.2) is 5.95 Å². The van der Waals surface area contributed by atoms with Crippen LogP contribution in [0.15, 0.2) is 24.5 Å². The molecule has 0 aliphatic carbocycles. The average Bonchev–Trinajstić information content (AvgIpc) is 2.82. The van der Waals surface area contributed by atoms with Gasteiger partial charge in [0.05, 0.1) is 23.1 Å². The van der Waals surface area contributed by atoms with Gasteiger partial charge in [-0.05, 0) is 19.1 Å². The first kappa shape index (κ1) is 9.89. The molecule has 3 N–H and O–H groups in total. The molecule has 2 aromatic heterocycles. The number of hydrogen-bond donors (Lipinski definition) is 2. The van der Waals surface area contributed by atoms with Gasteiger partial charge in [-0.2, -0.15) is 0 Å². The van der Waals surface area contributed by atoms with Crippen LogP contribution in [0.3, 0.4) is 0 Å². The minimum Gasteiger partial charge on any atom is -0.369 e. The summed E-state index contributed by atoms with van der Waals surface area (Å²) in [5.74, 6) is 0.443. The Hall–Kier alpha value is -2.30. The Balaban J connectivity index is 2.21. The third kappa shape index (κ3) is 1.47. The minimum absolute atomic E-state index is 0.443. The van der Waals surface area contributed by atoms with E-state index in [1.807, 2.05) is 36.7 Å². The van der Waals surface area contributed by atoms with Crippen molar-refractivity contribution in [3.8, 4) is 11.3 Å². The van der Waals surface area contributed by atoms with Gasteiger partial charge in [0.25, 0.3) is 0 Å². The van der Waals surface area contributed by atoms with Gasteiger partial charge in [0.1, 0.15) is 0 Å². The lowest BCUT2D eigenvalue weighted by Crippen LogP contribution is -1.86. The number of H-pyrrole nitrogens is 1. The number of nitrogens with two attached hydrogens (primary N) is 1. The molecule has 2 heterocycles. The maximum atomic E-state index is 5.65. The largest absolute Gasteiger partial charge is 0.369 e. The molecule has 0 aliphatic rings. The molecule has 0 radical (unpaired) electrons. The number of aromatic nitrogens is 4. The van der Waals surface area contributed by atoms with Gasteiger partial charge < -0.3 is 15.3 Å². The van der Waals surface area contributed by atoms with Crippen LogP contribution in [0.5, 0.6) is 0 Å². The van der Waals surface area contributed by atoms with E-state index in [1.54, 1.807) is 6.33 Å². The Morgan fingerprint density at radius 1 is 1.35 bits per heavy atom. The van der Waals surface area contributed by atoms with Crippen LogP contribution < -0.4 is 5.73 Å². The molecule has 0 spiro atoms. The summed E-state index contributed by atoms with van der Waals surface area (Å²) in [6.07, 6.45) is 1.81. The summed E-state index contributed by atoms with van der Waals surface area (Å²) < 4.78 is 1.99. The van der Waals surface area contributed by atoms with E-state index < -0.39 is 0 Å². The second kappa shape index (κ2) is 3.35. The first-order chi connectivity index (χ1) is 8.15. The molecule has 0 bridgehead atoms. The van der Waals surface area contributed by atoms with Crippen LogP contribution in [0.2, 0.25) is 0 Å². The Bertz CT molecular complexity index is 692. The summed E-state index contributed by atoms with van der Waals surface area (Å²) in [5, 5.41) is 0. The molecule has 5 nitrogen and oxygen atoms in total. The highest BCUT2D eigenvalue weighted by Gasteiger charge is 2.09. The number of rotatable bonds is 1. The molecule has 5 heteroatoms. The van der Waals surface area contributed by atoms with Crippen molar-refractivity contribution >= 4 is 17.0 Å². The minimum atomic E-state index is 0.443. The van der Waals surface area contributed by atoms with E-state index in [1.165, 1.54) is 0 Å². The maximum Gasteiger partial charge on any atom is 0.198 e. The van der Waals surface area contributed by atoms with E-state index in [0.29, 0.717) is 5.95 Å². The van der Waals surface area contributed by atoms with Gasteiger partial charge in [-0.15, -0.1) is 0 Å². The van der Waals surface area contributed by atoms with Crippen molar-refractivity contribution in [2.75, 3.05) is 5.73 Å². The molecular weight excluding hydrogens is 214 g/mol. The van der Waals surface area contributed by atoms with E-state index in [-0.39, 0.29) is 0 Å². The summed E-state index contributed by atoms with van der Waals surface area (Å²) in [4.78, 5) is 11.6. The molecule has 0 fully saturated rings. The third-order valence-electron chi connectivity index (χ3n) is 2.90. The van der Waals surface area contributed by atoms with Crippen molar-refractivity contribution < 1.29 is 0 Å². The highest BCUT2D eigenvalue weighted by molar-refractivity contribution is 5.81. The number of hydrogen-bond acceptors (Lipinski definition) is 3.